The molecule has 1 amide bonds. The molecule has 3 aromatic carbocycles. The van der Waals surface area contributed by atoms with Crippen molar-refractivity contribution in [2.75, 3.05) is 0 Å². The van der Waals surface area contributed by atoms with Crippen LogP contribution in [0.3, 0.4) is 0 Å². The Balaban J connectivity index is 1.61. The lowest BCUT2D eigenvalue weighted by Gasteiger charge is -2.01. The molecular formula is C20H11Cl3N2OS. The van der Waals surface area contributed by atoms with E-state index in [1.54, 1.807) is 18.3 Å². The van der Waals surface area contributed by atoms with Crippen molar-refractivity contribution in [3.8, 4) is 0 Å². The predicted octanol–water partition coefficient (Wildman–Crippen LogP) is 6.78. The highest BCUT2D eigenvalue weighted by molar-refractivity contribution is 7.21. The van der Waals surface area contributed by atoms with E-state index in [0.29, 0.717) is 25.3 Å². The highest BCUT2D eigenvalue weighted by Crippen LogP contribution is 2.41. The predicted molar refractivity (Wildman–Crippen MR) is 116 cm³/mol. The molecule has 7 heteroatoms. The topological polar surface area (TPSA) is 41.5 Å². The second kappa shape index (κ2) is 7.49. The Hall–Kier alpha value is -2.11. The van der Waals surface area contributed by atoms with E-state index in [1.807, 2.05) is 42.5 Å². The highest BCUT2D eigenvalue weighted by atomic mass is 35.5. The Kier molecular flexibility index (Phi) is 5.06. The average molecular weight is 434 g/mol. The molecule has 0 radical (unpaired) electrons. The summed E-state index contributed by atoms with van der Waals surface area (Å²) in [6.07, 6.45) is 1.62. The number of benzene rings is 3. The summed E-state index contributed by atoms with van der Waals surface area (Å²) in [4.78, 5) is 12.8. The number of carbonyl (C=O) groups excluding carboxylic acids is 1. The molecule has 0 aliphatic carbocycles. The number of hydrazone groups is 1. The Morgan fingerprint density at radius 1 is 1.04 bits per heavy atom. The number of hydrogen-bond donors (Lipinski definition) is 1. The first-order valence-corrected chi connectivity index (χ1v) is 9.88. The molecule has 1 N–H and O–H groups in total. The van der Waals surface area contributed by atoms with Crippen molar-refractivity contribution in [3.63, 3.8) is 0 Å². The molecule has 1 aromatic heterocycles. The molecule has 0 saturated heterocycles. The molecule has 0 fully saturated rings. The van der Waals surface area contributed by atoms with Crippen molar-refractivity contribution in [1.82, 2.24) is 5.43 Å². The molecule has 4 aromatic rings. The quantitative estimate of drug-likeness (QED) is 0.281. The molecule has 27 heavy (non-hydrogen) atoms. The van der Waals surface area contributed by atoms with Gasteiger partial charge < -0.3 is 0 Å². The lowest BCUT2D eigenvalue weighted by molar-refractivity contribution is 0.0959. The molecule has 134 valence electrons. The van der Waals surface area contributed by atoms with Crippen molar-refractivity contribution >= 4 is 79.1 Å². The van der Waals surface area contributed by atoms with Crippen LogP contribution < -0.4 is 5.43 Å². The van der Waals surface area contributed by atoms with Crippen molar-refractivity contribution in [2.24, 2.45) is 5.10 Å². The van der Waals surface area contributed by atoms with Gasteiger partial charge in [-0.2, -0.15) is 5.10 Å². The van der Waals surface area contributed by atoms with Crippen molar-refractivity contribution in [2.45, 2.75) is 0 Å². The zero-order valence-corrected chi connectivity index (χ0v) is 16.8. The van der Waals surface area contributed by atoms with Crippen LogP contribution in [0.25, 0.3) is 20.9 Å². The second-order valence-corrected chi connectivity index (χ2v) is 8.05. The summed E-state index contributed by atoms with van der Waals surface area (Å²) in [5, 5.41) is 8.07. The standard InChI is InChI=1S/C20H11Cl3N2OS/c21-13-8-15(22)17-16(9-13)27-19(18(17)23)20(26)25-24-10-12-6-3-5-11-4-1-2-7-14(11)12/h1-10H,(H,25,26)/b24-10-. The molecule has 3 nitrogen and oxygen atoms in total. The van der Waals surface area contributed by atoms with Crippen molar-refractivity contribution in [3.05, 3.63) is 80.1 Å². The fraction of sp³-hybridized carbons (Fsp3) is 0. The molecule has 0 aliphatic heterocycles. The Labute approximate surface area is 174 Å². The molecule has 1 heterocycles. The van der Waals surface area contributed by atoms with Crippen LogP contribution in [0.1, 0.15) is 15.2 Å². The summed E-state index contributed by atoms with van der Waals surface area (Å²) in [7, 11) is 0. The van der Waals surface area contributed by atoms with E-state index in [-0.39, 0.29) is 0 Å². The van der Waals surface area contributed by atoms with Gasteiger partial charge in [-0.1, -0.05) is 77.3 Å². The van der Waals surface area contributed by atoms with Gasteiger partial charge in [0.15, 0.2) is 0 Å². The second-order valence-electron chi connectivity index (χ2n) is 5.77. The van der Waals surface area contributed by atoms with Crippen LogP contribution in [0, 0.1) is 0 Å². The number of fused-ring (bicyclic) bond motifs is 2. The molecule has 0 spiro atoms. The van der Waals surface area contributed by atoms with Gasteiger partial charge >= 0.3 is 0 Å². The minimum atomic E-state index is -0.398. The molecule has 0 saturated carbocycles. The van der Waals surface area contributed by atoms with Crippen molar-refractivity contribution in [1.29, 1.82) is 0 Å². The number of halogens is 3. The maximum absolute atomic E-state index is 12.5. The van der Waals surface area contributed by atoms with Crippen LogP contribution in [-0.4, -0.2) is 12.1 Å². The van der Waals surface area contributed by atoms with Gasteiger partial charge in [-0.15, -0.1) is 11.3 Å². The van der Waals surface area contributed by atoms with Crippen LogP contribution in [0.4, 0.5) is 0 Å². The third-order valence-electron chi connectivity index (χ3n) is 4.05. The van der Waals surface area contributed by atoms with Crippen LogP contribution in [0.2, 0.25) is 15.1 Å². The third kappa shape index (κ3) is 3.54. The van der Waals surface area contributed by atoms with Gasteiger partial charge in [0, 0.05) is 20.7 Å². The lowest BCUT2D eigenvalue weighted by atomic mass is 10.1. The fourth-order valence-corrected chi connectivity index (χ4v) is 5.10. The van der Waals surface area contributed by atoms with E-state index in [2.05, 4.69) is 10.5 Å². The van der Waals surface area contributed by atoms with Gasteiger partial charge in [0.1, 0.15) is 4.88 Å². The van der Waals surface area contributed by atoms with Crippen molar-refractivity contribution < 1.29 is 4.79 Å². The van der Waals surface area contributed by atoms with Gasteiger partial charge in [-0.3, -0.25) is 4.79 Å². The zero-order valence-electron chi connectivity index (χ0n) is 13.7. The highest BCUT2D eigenvalue weighted by Gasteiger charge is 2.19. The third-order valence-corrected chi connectivity index (χ3v) is 6.19. The average Bonchev–Trinajstić information content (AvgIpc) is 2.98. The number of carbonyl (C=O) groups is 1. The summed E-state index contributed by atoms with van der Waals surface area (Å²) >= 11 is 19.8. The number of nitrogens with one attached hydrogen (secondary N) is 1. The minimum Gasteiger partial charge on any atom is -0.266 e. The number of hydrogen-bond acceptors (Lipinski definition) is 3. The van der Waals surface area contributed by atoms with Crippen LogP contribution in [-0.2, 0) is 0 Å². The van der Waals surface area contributed by atoms with E-state index < -0.39 is 5.91 Å². The summed E-state index contributed by atoms with van der Waals surface area (Å²) in [5.74, 6) is -0.398. The van der Waals surface area contributed by atoms with E-state index in [4.69, 9.17) is 34.8 Å². The minimum absolute atomic E-state index is 0.300. The molecule has 0 bridgehead atoms. The summed E-state index contributed by atoms with van der Waals surface area (Å²) < 4.78 is 0.751. The molecule has 0 atom stereocenters. The summed E-state index contributed by atoms with van der Waals surface area (Å²) in [6, 6.07) is 17.2. The first kappa shape index (κ1) is 18.3. The first-order chi connectivity index (χ1) is 13.0. The number of amides is 1. The molecule has 0 aliphatic rings. The van der Waals surface area contributed by atoms with Crippen LogP contribution in [0.5, 0.6) is 0 Å². The fourth-order valence-electron chi connectivity index (χ4n) is 2.83. The SMILES string of the molecule is O=C(N/N=C\c1cccc2ccccc12)c1sc2cc(Cl)cc(Cl)c2c1Cl. The summed E-state index contributed by atoms with van der Waals surface area (Å²) in [5.41, 5.74) is 3.44. The normalized spacial score (nSPS) is 11.5. The smallest absolute Gasteiger partial charge is 0.266 e. The van der Waals surface area contributed by atoms with Gasteiger partial charge in [0.05, 0.1) is 16.3 Å². The maximum atomic E-state index is 12.5. The van der Waals surface area contributed by atoms with Gasteiger partial charge in [-0.25, -0.2) is 5.43 Å². The maximum Gasteiger partial charge on any atom is 0.283 e. The van der Waals surface area contributed by atoms with E-state index in [1.165, 1.54) is 11.3 Å². The van der Waals surface area contributed by atoms with E-state index in [0.717, 1.165) is 21.0 Å². The zero-order chi connectivity index (χ0) is 19.0. The largest absolute Gasteiger partial charge is 0.283 e. The van der Waals surface area contributed by atoms with Gasteiger partial charge in [0.2, 0.25) is 0 Å². The molecule has 4 rings (SSSR count). The van der Waals surface area contributed by atoms with E-state index in [9.17, 15) is 4.79 Å². The number of thiophene rings is 1. The number of nitrogens with zero attached hydrogens (tertiary/aromatic N) is 1. The van der Waals surface area contributed by atoms with E-state index >= 15 is 0 Å². The van der Waals surface area contributed by atoms with Crippen LogP contribution >= 0.6 is 46.1 Å². The molecular weight excluding hydrogens is 423 g/mol. The Morgan fingerprint density at radius 3 is 2.67 bits per heavy atom. The van der Waals surface area contributed by atoms with Gasteiger partial charge in [-0.05, 0) is 22.9 Å². The Morgan fingerprint density at radius 2 is 1.81 bits per heavy atom. The van der Waals surface area contributed by atoms with Crippen LogP contribution in [0.15, 0.2) is 59.7 Å². The monoisotopic (exact) mass is 432 g/mol. The molecule has 0 unspecified atom stereocenters. The summed E-state index contributed by atoms with van der Waals surface area (Å²) in [6.45, 7) is 0. The number of rotatable bonds is 3. The first-order valence-electron chi connectivity index (χ1n) is 7.93. The Bertz CT molecular complexity index is 1210. The van der Waals surface area contributed by atoms with Gasteiger partial charge in [0.25, 0.3) is 5.91 Å². The lowest BCUT2D eigenvalue weighted by Crippen LogP contribution is -2.16.